The van der Waals surface area contributed by atoms with Gasteiger partial charge in [0.2, 0.25) is 0 Å². The molecule has 1 heterocycles. The molecule has 84 valence electrons. The predicted octanol–water partition coefficient (Wildman–Crippen LogP) is 3.93. The van der Waals surface area contributed by atoms with Gasteiger partial charge in [-0.15, -0.1) is 11.3 Å². The highest BCUT2D eigenvalue weighted by atomic mass is 35.5. The number of aryl methyl sites for hydroxylation is 1. The van der Waals surface area contributed by atoms with Crippen LogP contribution in [0.3, 0.4) is 0 Å². The number of rotatable bonds is 2. The molecule has 0 aliphatic rings. The van der Waals surface area contributed by atoms with Gasteiger partial charge in [-0.05, 0) is 42.5 Å². The van der Waals surface area contributed by atoms with E-state index in [-0.39, 0.29) is 0 Å². The Bertz CT molecular complexity index is 502. The Morgan fingerprint density at radius 3 is 2.50 bits per heavy atom. The van der Waals surface area contributed by atoms with Gasteiger partial charge in [0.1, 0.15) is 0 Å². The number of hydrogen-bond acceptors (Lipinski definition) is 2. The summed E-state index contributed by atoms with van der Waals surface area (Å²) in [5.41, 5.74) is 8.11. The van der Waals surface area contributed by atoms with Gasteiger partial charge in [-0.2, -0.15) is 0 Å². The molecule has 0 radical (unpaired) electrons. The first kappa shape index (κ1) is 11.6. The molecule has 3 heteroatoms. The van der Waals surface area contributed by atoms with Gasteiger partial charge in [-0.1, -0.05) is 29.8 Å². The standard InChI is InChI=1S/C13H14ClNS/c1-9-7-8-16-12(9)13(2,15)10-5-3-4-6-11(10)14/h3-8H,15H2,1-2H3. The molecule has 0 spiro atoms. The highest BCUT2D eigenvalue weighted by molar-refractivity contribution is 7.10. The third kappa shape index (κ3) is 1.88. The zero-order valence-corrected chi connectivity index (χ0v) is 10.9. The molecule has 16 heavy (non-hydrogen) atoms. The molecule has 0 bridgehead atoms. The van der Waals surface area contributed by atoms with Gasteiger partial charge < -0.3 is 5.73 Å². The summed E-state index contributed by atoms with van der Waals surface area (Å²) in [6, 6.07) is 9.84. The van der Waals surface area contributed by atoms with E-state index < -0.39 is 5.54 Å². The van der Waals surface area contributed by atoms with Crippen LogP contribution in [0.15, 0.2) is 35.7 Å². The van der Waals surface area contributed by atoms with Crippen LogP contribution in [0.5, 0.6) is 0 Å². The van der Waals surface area contributed by atoms with Crippen LogP contribution in [0.4, 0.5) is 0 Å². The van der Waals surface area contributed by atoms with Gasteiger partial charge in [0.05, 0.1) is 5.54 Å². The average molecular weight is 252 g/mol. The van der Waals surface area contributed by atoms with E-state index in [2.05, 4.69) is 18.4 Å². The van der Waals surface area contributed by atoms with Crippen LogP contribution in [0.1, 0.15) is 22.9 Å². The minimum Gasteiger partial charge on any atom is -0.317 e. The molecule has 2 rings (SSSR count). The summed E-state index contributed by atoms with van der Waals surface area (Å²) < 4.78 is 0. The number of halogens is 1. The summed E-state index contributed by atoms with van der Waals surface area (Å²) in [5.74, 6) is 0. The third-order valence-electron chi connectivity index (χ3n) is 2.77. The van der Waals surface area contributed by atoms with Crippen molar-refractivity contribution >= 4 is 22.9 Å². The molecule has 1 atom stereocenters. The summed E-state index contributed by atoms with van der Waals surface area (Å²) in [4.78, 5) is 1.17. The minimum atomic E-state index is -0.517. The molecule has 0 fully saturated rings. The second-order valence-corrected chi connectivity index (χ2v) is 5.44. The fraction of sp³-hybridized carbons (Fsp3) is 0.231. The van der Waals surface area contributed by atoms with Gasteiger partial charge in [0.15, 0.2) is 0 Å². The van der Waals surface area contributed by atoms with Crippen molar-refractivity contribution in [3.63, 3.8) is 0 Å². The largest absolute Gasteiger partial charge is 0.317 e. The van der Waals surface area contributed by atoms with E-state index in [1.807, 2.05) is 31.2 Å². The summed E-state index contributed by atoms with van der Waals surface area (Å²) in [5, 5.41) is 2.78. The molecule has 1 unspecified atom stereocenters. The molecule has 0 saturated carbocycles. The SMILES string of the molecule is Cc1ccsc1C(C)(N)c1ccccc1Cl. The Kier molecular flexibility index (Phi) is 3.06. The molecule has 0 aliphatic heterocycles. The van der Waals surface area contributed by atoms with Crippen LogP contribution < -0.4 is 5.73 Å². The van der Waals surface area contributed by atoms with Gasteiger partial charge >= 0.3 is 0 Å². The topological polar surface area (TPSA) is 26.0 Å². The van der Waals surface area contributed by atoms with Crippen molar-refractivity contribution in [3.8, 4) is 0 Å². The van der Waals surface area contributed by atoms with E-state index in [1.165, 1.54) is 10.4 Å². The quantitative estimate of drug-likeness (QED) is 0.860. The molecule has 0 amide bonds. The number of hydrogen-bond donors (Lipinski definition) is 1. The highest BCUT2D eigenvalue weighted by Crippen LogP contribution is 2.36. The van der Waals surface area contributed by atoms with Crippen LogP contribution in [-0.2, 0) is 5.54 Å². The maximum absolute atomic E-state index is 6.43. The van der Waals surface area contributed by atoms with E-state index >= 15 is 0 Å². The Morgan fingerprint density at radius 1 is 1.25 bits per heavy atom. The maximum atomic E-state index is 6.43. The zero-order chi connectivity index (χ0) is 11.8. The van der Waals surface area contributed by atoms with Gasteiger partial charge in [-0.25, -0.2) is 0 Å². The Labute approximate surface area is 105 Å². The lowest BCUT2D eigenvalue weighted by Gasteiger charge is -2.26. The lowest BCUT2D eigenvalue weighted by atomic mass is 9.90. The average Bonchev–Trinajstić information content (AvgIpc) is 2.65. The second-order valence-electron chi connectivity index (χ2n) is 4.11. The molecule has 0 aliphatic carbocycles. The van der Waals surface area contributed by atoms with Crippen LogP contribution in [-0.4, -0.2) is 0 Å². The Balaban J connectivity index is 2.55. The first-order chi connectivity index (χ1) is 7.53. The zero-order valence-electron chi connectivity index (χ0n) is 9.33. The first-order valence-corrected chi connectivity index (χ1v) is 6.37. The van der Waals surface area contributed by atoms with Crippen molar-refractivity contribution in [2.45, 2.75) is 19.4 Å². The third-order valence-corrected chi connectivity index (χ3v) is 4.35. The molecular weight excluding hydrogens is 238 g/mol. The van der Waals surface area contributed by atoms with E-state index in [0.29, 0.717) is 0 Å². The number of thiophene rings is 1. The van der Waals surface area contributed by atoms with Crippen molar-refractivity contribution in [2.24, 2.45) is 5.73 Å². The Morgan fingerprint density at radius 2 is 1.94 bits per heavy atom. The van der Waals surface area contributed by atoms with Crippen molar-refractivity contribution < 1.29 is 0 Å². The van der Waals surface area contributed by atoms with Crippen molar-refractivity contribution in [3.05, 3.63) is 56.7 Å². The lowest BCUT2D eigenvalue weighted by Crippen LogP contribution is -2.34. The second kappa shape index (κ2) is 4.21. The van der Waals surface area contributed by atoms with Crippen LogP contribution in [0.2, 0.25) is 5.02 Å². The van der Waals surface area contributed by atoms with Crippen molar-refractivity contribution in [1.82, 2.24) is 0 Å². The summed E-state index contributed by atoms with van der Waals surface area (Å²) in [6.07, 6.45) is 0. The van der Waals surface area contributed by atoms with Gasteiger partial charge in [-0.3, -0.25) is 0 Å². The fourth-order valence-electron chi connectivity index (χ4n) is 1.91. The monoisotopic (exact) mass is 251 g/mol. The van der Waals surface area contributed by atoms with E-state index in [4.69, 9.17) is 17.3 Å². The van der Waals surface area contributed by atoms with Crippen molar-refractivity contribution in [1.29, 1.82) is 0 Å². The normalized spacial score (nSPS) is 14.8. The van der Waals surface area contributed by atoms with Gasteiger partial charge in [0, 0.05) is 9.90 Å². The summed E-state index contributed by atoms with van der Waals surface area (Å²) >= 11 is 7.88. The number of benzene rings is 1. The predicted molar refractivity (Wildman–Crippen MR) is 71.1 cm³/mol. The Hall–Kier alpha value is -0.830. The van der Waals surface area contributed by atoms with E-state index in [1.54, 1.807) is 11.3 Å². The molecule has 1 aromatic carbocycles. The van der Waals surface area contributed by atoms with E-state index in [0.717, 1.165) is 10.6 Å². The van der Waals surface area contributed by atoms with Crippen molar-refractivity contribution in [2.75, 3.05) is 0 Å². The molecule has 0 saturated heterocycles. The summed E-state index contributed by atoms with van der Waals surface area (Å²) in [6.45, 7) is 4.08. The van der Waals surface area contributed by atoms with E-state index in [9.17, 15) is 0 Å². The molecule has 1 nitrogen and oxygen atoms in total. The number of nitrogens with two attached hydrogens (primary N) is 1. The fourth-order valence-corrected chi connectivity index (χ4v) is 3.26. The van der Waals surface area contributed by atoms with Crippen LogP contribution in [0.25, 0.3) is 0 Å². The molecule has 2 aromatic rings. The molecule has 2 N–H and O–H groups in total. The maximum Gasteiger partial charge on any atom is 0.0747 e. The van der Waals surface area contributed by atoms with Crippen LogP contribution in [0, 0.1) is 6.92 Å². The lowest BCUT2D eigenvalue weighted by molar-refractivity contribution is 0.613. The molecular formula is C13H14ClNS. The minimum absolute atomic E-state index is 0.517. The van der Waals surface area contributed by atoms with Crippen LogP contribution >= 0.6 is 22.9 Å². The smallest absolute Gasteiger partial charge is 0.0747 e. The summed E-state index contributed by atoms with van der Waals surface area (Å²) in [7, 11) is 0. The highest BCUT2D eigenvalue weighted by Gasteiger charge is 2.28. The first-order valence-electron chi connectivity index (χ1n) is 5.12. The molecule has 1 aromatic heterocycles. The van der Waals surface area contributed by atoms with Gasteiger partial charge in [0.25, 0.3) is 0 Å².